The molecule has 0 unspecified atom stereocenters. The van der Waals surface area contributed by atoms with Crippen LogP contribution in [0.1, 0.15) is 91.1 Å². The third-order valence-electron chi connectivity index (χ3n) is 5.51. The molecule has 1 atom stereocenters. The number of alkyl carbamates (subject to hydrolysis) is 1. The number of nitrogens with zero attached hydrogens (tertiary/aromatic N) is 1. The van der Waals surface area contributed by atoms with Crippen LogP contribution in [0.2, 0.25) is 0 Å². The first-order valence-corrected chi connectivity index (χ1v) is 12.6. The summed E-state index contributed by atoms with van der Waals surface area (Å²) in [7, 11) is 0. The quantitative estimate of drug-likeness (QED) is 0.454. The standard InChI is InChI=1S/C20H34N4O2S.C2H6.C2H4.CH4/c1-20(2,3)26-19(25)23-14-6-4-13(5-7-14)10-11-22-15-8-9-16-17(12-15)27-18(21)24-16;2*1-2;/h13-15,22H,4-12H2,1-3H3,(H2,21,24)(H,23,25);1-2H3;1-2H2;1H4/t13?,14?,15-;;;/m0.../s1. The van der Waals surface area contributed by atoms with Crippen molar-refractivity contribution >= 4 is 22.6 Å². The topological polar surface area (TPSA) is 89.3 Å². The van der Waals surface area contributed by atoms with E-state index in [0.29, 0.717) is 11.2 Å². The van der Waals surface area contributed by atoms with E-state index in [9.17, 15) is 4.79 Å². The molecule has 7 heteroatoms. The first-order chi connectivity index (χ1) is 14.8. The molecule has 1 saturated carbocycles. The van der Waals surface area contributed by atoms with Gasteiger partial charge in [0.1, 0.15) is 5.60 Å². The number of rotatable bonds is 5. The number of amides is 1. The molecule has 2 aliphatic rings. The van der Waals surface area contributed by atoms with Gasteiger partial charge >= 0.3 is 6.09 Å². The van der Waals surface area contributed by atoms with E-state index >= 15 is 0 Å². The summed E-state index contributed by atoms with van der Waals surface area (Å²) in [6.07, 6.45) is 8.67. The van der Waals surface area contributed by atoms with E-state index in [2.05, 4.69) is 28.8 Å². The van der Waals surface area contributed by atoms with Crippen molar-refractivity contribution in [1.29, 1.82) is 0 Å². The SMILES string of the molecule is C.C=C.CC.CC(C)(C)OC(=O)NC1CCC(CCN[C@H]2CCc3nc(N)sc3C2)CC1. The van der Waals surface area contributed by atoms with Crippen LogP contribution in [-0.4, -0.2) is 35.3 Å². The Morgan fingerprint density at radius 1 is 1.16 bits per heavy atom. The number of thiazole rings is 1. The number of nitrogen functional groups attached to an aromatic ring is 1. The number of carbonyl (C=O) groups is 1. The zero-order valence-electron chi connectivity index (χ0n) is 20.3. The number of aromatic nitrogens is 1. The second-order valence-corrected chi connectivity index (χ2v) is 10.1. The van der Waals surface area contributed by atoms with Crippen molar-refractivity contribution in [3.63, 3.8) is 0 Å². The predicted octanol–water partition coefficient (Wildman–Crippen LogP) is 6.11. The lowest BCUT2D eigenvalue weighted by Gasteiger charge is -2.30. The van der Waals surface area contributed by atoms with Gasteiger partial charge in [-0.1, -0.05) is 21.3 Å². The zero-order chi connectivity index (χ0) is 23.4. The number of carbonyl (C=O) groups excluding carboxylic acids is 1. The number of ether oxygens (including phenoxy) is 1. The second kappa shape index (κ2) is 15.3. The van der Waals surface area contributed by atoms with Crippen LogP contribution >= 0.6 is 11.3 Å². The summed E-state index contributed by atoms with van der Waals surface area (Å²) in [6, 6.07) is 0.820. The first kappa shape index (κ1) is 30.4. The van der Waals surface area contributed by atoms with Crippen molar-refractivity contribution in [3.05, 3.63) is 23.7 Å². The Bertz CT molecular complexity index is 649. The maximum absolute atomic E-state index is 11.9. The molecule has 1 heterocycles. The molecule has 0 saturated heterocycles. The molecule has 0 bridgehead atoms. The van der Waals surface area contributed by atoms with Gasteiger partial charge in [0.25, 0.3) is 0 Å². The van der Waals surface area contributed by atoms with Crippen molar-refractivity contribution in [2.24, 2.45) is 5.92 Å². The molecular formula is C25H48N4O2S. The van der Waals surface area contributed by atoms with Gasteiger partial charge in [-0.3, -0.25) is 0 Å². The summed E-state index contributed by atoms with van der Waals surface area (Å²) in [5.74, 6) is 0.757. The third-order valence-corrected chi connectivity index (χ3v) is 6.46. The summed E-state index contributed by atoms with van der Waals surface area (Å²) in [5, 5.41) is 7.47. The molecule has 0 aliphatic heterocycles. The lowest BCUT2D eigenvalue weighted by Crippen LogP contribution is -2.41. The second-order valence-electron chi connectivity index (χ2n) is 8.97. The van der Waals surface area contributed by atoms with Gasteiger partial charge in [0, 0.05) is 17.0 Å². The van der Waals surface area contributed by atoms with Crippen LogP contribution in [0, 0.1) is 5.92 Å². The molecule has 32 heavy (non-hydrogen) atoms. The van der Waals surface area contributed by atoms with Gasteiger partial charge in [-0.05, 0) is 84.6 Å². The van der Waals surface area contributed by atoms with Gasteiger partial charge < -0.3 is 21.1 Å². The number of aryl methyl sites for hydroxylation is 1. The molecule has 186 valence electrons. The van der Waals surface area contributed by atoms with E-state index < -0.39 is 5.60 Å². The van der Waals surface area contributed by atoms with Gasteiger partial charge in [-0.2, -0.15) is 0 Å². The minimum absolute atomic E-state index is 0. The molecule has 3 rings (SSSR count). The van der Waals surface area contributed by atoms with Crippen LogP contribution in [0.5, 0.6) is 0 Å². The van der Waals surface area contributed by atoms with Crippen molar-refractivity contribution in [1.82, 2.24) is 15.6 Å². The van der Waals surface area contributed by atoms with Crippen LogP contribution < -0.4 is 16.4 Å². The van der Waals surface area contributed by atoms with Crippen molar-refractivity contribution in [2.75, 3.05) is 12.3 Å². The Labute approximate surface area is 200 Å². The number of nitrogens with two attached hydrogens (primary N) is 1. The zero-order valence-corrected chi connectivity index (χ0v) is 21.1. The maximum atomic E-state index is 11.9. The fraction of sp³-hybridized carbons (Fsp3) is 0.760. The Balaban J connectivity index is 0.00000182. The molecule has 0 radical (unpaired) electrons. The van der Waals surface area contributed by atoms with Gasteiger partial charge in [0.05, 0.1) is 5.69 Å². The Hall–Kier alpha value is -1.60. The Morgan fingerprint density at radius 3 is 2.38 bits per heavy atom. The Kier molecular flexibility index (Phi) is 14.5. The van der Waals surface area contributed by atoms with Gasteiger partial charge in [-0.25, -0.2) is 9.78 Å². The summed E-state index contributed by atoms with van der Waals surface area (Å²) < 4.78 is 5.35. The number of anilines is 1. The highest BCUT2D eigenvalue weighted by Gasteiger charge is 2.25. The minimum Gasteiger partial charge on any atom is -0.444 e. The molecule has 1 amide bonds. The predicted molar refractivity (Wildman–Crippen MR) is 139 cm³/mol. The van der Waals surface area contributed by atoms with Gasteiger partial charge in [-0.15, -0.1) is 24.5 Å². The molecule has 0 spiro atoms. The lowest BCUT2D eigenvalue weighted by atomic mass is 9.84. The van der Waals surface area contributed by atoms with E-state index in [1.807, 2.05) is 34.6 Å². The highest BCUT2D eigenvalue weighted by molar-refractivity contribution is 7.15. The normalized spacial score (nSPS) is 22.0. The van der Waals surface area contributed by atoms with Crippen molar-refractivity contribution in [2.45, 2.75) is 111 Å². The Morgan fingerprint density at radius 2 is 1.78 bits per heavy atom. The summed E-state index contributed by atoms with van der Waals surface area (Å²) >= 11 is 1.65. The molecule has 1 aromatic heterocycles. The molecule has 0 aromatic carbocycles. The highest BCUT2D eigenvalue weighted by atomic mass is 32.1. The van der Waals surface area contributed by atoms with E-state index in [4.69, 9.17) is 10.5 Å². The average molecular weight is 469 g/mol. The van der Waals surface area contributed by atoms with Crippen LogP contribution in [0.3, 0.4) is 0 Å². The monoisotopic (exact) mass is 468 g/mol. The van der Waals surface area contributed by atoms with Crippen LogP contribution in [0.15, 0.2) is 13.2 Å². The van der Waals surface area contributed by atoms with E-state index in [1.165, 1.54) is 29.8 Å². The third kappa shape index (κ3) is 10.8. The van der Waals surface area contributed by atoms with E-state index in [-0.39, 0.29) is 19.6 Å². The fourth-order valence-corrected chi connectivity index (χ4v) is 5.09. The number of hydrogen-bond acceptors (Lipinski definition) is 6. The van der Waals surface area contributed by atoms with E-state index in [1.54, 1.807) is 11.3 Å². The summed E-state index contributed by atoms with van der Waals surface area (Å²) in [4.78, 5) is 17.7. The number of fused-ring (bicyclic) bond motifs is 1. The smallest absolute Gasteiger partial charge is 0.407 e. The largest absolute Gasteiger partial charge is 0.444 e. The van der Waals surface area contributed by atoms with Crippen molar-refractivity contribution in [3.8, 4) is 0 Å². The minimum atomic E-state index is -0.433. The number of hydrogen-bond donors (Lipinski definition) is 3. The van der Waals surface area contributed by atoms with Crippen LogP contribution in [-0.2, 0) is 17.6 Å². The van der Waals surface area contributed by atoms with E-state index in [0.717, 1.165) is 44.6 Å². The molecule has 6 nitrogen and oxygen atoms in total. The van der Waals surface area contributed by atoms with Crippen LogP contribution in [0.4, 0.5) is 9.93 Å². The van der Waals surface area contributed by atoms with Crippen molar-refractivity contribution < 1.29 is 9.53 Å². The lowest BCUT2D eigenvalue weighted by molar-refractivity contribution is 0.0486. The molecule has 2 aliphatic carbocycles. The maximum Gasteiger partial charge on any atom is 0.407 e. The first-order valence-electron chi connectivity index (χ1n) is 11.8. The van der Waals surface area contributed by atoms with Crippen LogP contribution in [0.25, 0.3) is 0 Å². The average Bonchev–Trinajstić information content (AvgIpc) is 3.10. The molecule has 4 N–H and O–H groups in total. The molecule has 1 fully saturated rings. The number of nitrogens with one attached hydrogen (secondary N) is 2. The molecular weight excluding hydrogens is 420 g/mol. The molecule has 1 aromatic rings. The fourth-order valence-electron chi connectivity index (χ4n) is 4.13. The highest BCUT2D eigenvalue weighted by Crippen LogP contribution is 2.29. The van der Waals surface area contributed by atoms with Gasteiger partial charge in [0.2, 0.25) is 0 Å². The van der Waals surface area contributed by atoms with Gasteiger partial charge in [0.15, 0.2) is 5.13 Å². The summed E-state index contributed by atoms with van der Waals surface area (Å²) in [6.45, 7) is 16.8. The summed E-state index contributed by atoms with van der Waals surface area (Å²) in [5.41, 5.74) is 6.61.